The van der Waals surface area contributed by atoms with Gasteiger partial charge in [-0.05, 0) is 43.8 Å². The van der Waals surface area contributed by atoms with Crippen molar-refractivity contribution in [3.8, 4) is 0 Å². The molecule has 0 bridgehead atoms. The van der Waals surface area contributed by atoms with Gasteiger partial charge in [0.2, 0.25) is 0 Å². The Morgan fingerprint density at radius 1 is 1.29 bits per heavy atom. The molecule has 21 heavy (non-hydrogen) atoms. The molecule has 0 aromatic carbocycles. The van der Waals surface area contributed by atoms with Crippen LogP contribution >= 0.6 is 11.3 Å². The van der Waals surface area contributed by atoms with Gasteiger partial charge >= 0.3 is 12.0 Å². The number of carbonyl (C=O) groups is 2. The highest BCUT2D eigenvalue weighted by Gasteiger charge is 2.32. The van der Waals surface area contributed by atoms with Crippen LogP contribution in [0.4, 0.5) is 9.80 Å². The summed E-state index contributed by atoms with van der Waals surface area (Å²) in [7, 11) is 0. The Labute approximate surface area is 127 Å². The Kier molecular flexibility index (Phi) is 4.12. The smallest absolute Gasteiger partial charge is 0.338 e. The second-order valence-corrected chi connectivity index (χ2v) is 6.45. The first-order chi connectivity index (χ1) is 10.1. The number of aromatic carboxylic acids is 1. The molecular weight excluding hydrogens is 290 g/mol. The quantitative estimate of drug-likeness (QED) is 0.897. The Balaban J connectivity index is 1.58. The average molecular weight is 309 g/mol. The summed E-state index contributed by atoms with van der Waals surface area (Å²) in [6.45, 7) is 3.74. The SMILES string of the molecule is O=C(O)c1ccsc1NC(=O)N1CCC(N2CCCC2)C1. The van der Waals surface area contributed by atoms with Crippen LogP contribution in [0.2, 0.25) is 0 Å². The zero-order chi connectivity index (χ0) is 14.8. The van der Waals surface area contributed by atoms with E-state index >= 15 is 0 Å². The number of thiophene rings is 1. The standard InChI is InChI=1S/C14H19N3O3S/c18-13(19)11-4-8-21-12(11)15-14(20)17-7-3-10(9-17)16-5-1-2-6-16/h4,8,10H,1-3,5-7,9H2,(H,15,20)(H,18,19). The summed E-state index contributed by atoms with van der Waals surface area (Å²) in [4.78, 5) is 27.6. The minimum absolute atomic E-state index is 0.156. The topological polar surface area (TPSA) is 72.9 Å². The third kappa shape index (κ3) is 3.03. The predicted molar refractivity (Wildman–Crippen MR) is 81.1 cm³/mol. The lowest BCUT2D eigenvalue weighted by Crippen LogP contribution is -2.38. The predicted octanol–water partition coefficient (Wildman–Crippen LogP) is 2.15. The molecule has 7 heteroatoms. The Morgan fingerprint density at radius 3 is 2.76 bits per heavy atom. The molecule has 2 saturated heterocycles. The first-order valence-electron chi connectivity index (χ1n) is 7.26. The van der Waals surface area contributed by atoms with Crippen molar-refractivity contribution in [2.24, 2.45) is 0 Å². The van der Waals surface area contributed by atoms with Gasteiger partial charge in [-0.1, -0.05) is 0 Å². The van der Waals surface area contributed by atoms with E-state index in [-0.39, 0.29) is 11.6 Å². The van der Waals surface area contributed by atoms with E-state index in [1.165, 1.54) is 30.2 Å². The first-order valence-corrected chi connectivity index (χ1v) is 8.14. The molecule has 0 spiro atoms. The summed E-state index contributed by atoms with van der Waals surface area (Å²) < 4.78 is 0. The molecule has 1 atom stereocenters. The molecular formula is C14H19N3O3S. The molecule has 2 fully saturated rings. The zero-order valence-corrected chi connectivity index (χ0v) is 12.6. The number of carbonyl (C=O) groups excluding carboxylic acids is 1. The average Bonchev–Trinajstić information content (AvgIpc) is 3.19. The van der Waals surface area contributed by atoms with Crippen LogP contribution in [0.3, 0.4) is 0 Å². The van der Waals surface area contributed by atoms with E-state index in [0.29, 0.717) is 11.0 Å². The van der Waals surface area contributed by atoms with Crippen molar-refractivity contribution in [1.29, 1.82) is 0 Å². The number of nitrogens with zero attached hydrogens (tertiary/aromatic N) is 2. The van der Waals surface area contributed by atoms with Crippen LogP contribution in [0.5, 0.6) is 0 Å². The van der Waals surface area contributed by atoms with E-state index in [2.05, 4.69) is 10.2 Å². The fraction of sp³-hybridized carbons (Fsp3) is 0.571. The molecule has 1 aromatic rings. The van der Waals surface area contributed by atoms with Gasteiger partial charge in [-0.25, -0.2) is 9.59 Å². The summed E-state index contributed by atoms with van der Waals surface area (Å²) >= 11 is 1.24. The van der Waals surface area contributed by atoms with E-state index < -0.39 is 5.97 Å². The monoisotopic (exact) mass is 309 g/mol. The van der Waals surface area contributed by atoms with Gasteiger partial charge < -0.3 is 10.0 Å². The molecule has 3 rings (SSSR count). The van der Waals surface area contributed by atoms with Crippen molar-refractivity contribution >= 4 is 28.3 Å². The molecule has 2 aliphatic rings. The number of amides is 2. The van der Waals surface area contributed by atoms with Crippen LogP contribution in [0, 0.1) is 0 Å². The first kappa shape index (κ1) is 14.3. The molecule has 2 amide bonds. The highest BCUT2D eigenvalue weighted by molar-refractivity contribution is 7.14. The minimum Gasteiger partial charge on any atom is -0.478 e. The molecule has 3 heterocycles. The minimum atomic E-state index is -1.01. The van der Waals surface area contributed by atoms with Gasteiger partial charge in [0.05, 0.1) is 5.56 Å². The highest BCUT2D eigenvalue weighted by atomic mass is 32.1. The van der Waals surface area contributed by atoms with Crippen LogP contribution in [0.1, 0.15) is 29.6 Å². The summed E-state index contributed by atoms with van der Waals surface area (Å²) in [6, 6.07) is 1.78. The number of likely N-dealkylation sites (tertiary alicyclic amines) is 2. The maximum absolute atomic E-state index is 12.3. The lowest BCUT2D eigenvalue weighted by molar-refractivity contribution is 0.0698. The molecule has 1 aromatic heterocycles. The fourth-order valence-electron chi connectivity index (χ4n) is 3.08. The molecule has 1 unspecified atom stereocenters. The second-order valence-electron chi connectivity index (χ2n) is 5.53. The number of carboxylic acid groups (broad SMARTS) is 1. The summed E-state index contributed by atoms with van der Waals surface area (Å²) in [5.41, 5.74) is 0.156. The number of anilines is 1. The number of urea groups is 1. The van der Waals surface area contributed by atoms with Crippen molar-refractivity contribution < 1.29 is 14.7 Å². The molecule has 0 saturated carbocycles. The number of rotatable bonds is 3. The Hall–Kier alpha value is -1.60. The van der Waals surface area contributed by atoms with E-state index in [0.717, 1.165) is 32.6 Å². The third-order valence-electron chi connectivity index (χ3n) is 4.22. The zero-order valence-electron chi connectivity index (χ0n) is 11.7. The number of carboxylic acids is 1. The van der Waals surface area contributed by atoms with E-state index in [1.54, 1.807) is 10.3 Å². The largest absolute Gasteiger partial charge is 0.478 e. The fourth-order valence-corrected chi connectivity index (χ4v) is 3.85. The van der Waals surface area contributed by atoms with Crippen LogP contribution in [0.15, 0.2) is 11.4 Å². The highest BCUT2D eigenvalue weighted by Crippen LogP contribution is 2.25. The van der Waals surface area contributed by atoms with Crippen molar-refractivity contribution in [1.82, 2.24) is 9.80 Å². The van der Waals surface area contributed by atoms with Gasteiger partial charge in [-0.15, -0.1) is 11.3 Å². The molecule has 0 radical (unpaired) electrons. The van der Waals surface area contributed by atoms with Crippen LogP contribution in [-0.2, 0) is 0 Å². The summed E-state index contributed by atoms with van der Waals surface area (Å²) in [5, 5.41) is 13.9. The Bertz CT molecular complexity index is 539. The van der Waals surface area contributed by atoms with Crippen LogP contribution < -0.4 is 5.32 Å². The lowest BCUT2D eigenvalue weighted by Gasteiger charge is -2.23. The van der Waals surface area contributed by atoms with Crippen molar-refractivity contribution in [2.45, 2.75) is 25.3 Å². The van der Waals surface area contributed by atoms with Gasteiger partial charge in [-0.2, -0.15) is 0 Å². The van der Waals surface area contributed by atoms with Crippen molar-refractivity contribution in [3.05, 3.63) is 17.0 Å². The third-order valence-corrected chi connectivity index (χ3v) is 5.05. The summed E-state index contributed by atoms with van der Waals surface area (Å²) in [6.07, 6.45) is 3.50. The van der Waals surface area contributed by atoms with E-state index in [4.69, 9.17) is 5.11 Å². The maximum atomic E-state index is 12.3. The van der Waals surface area contributed by atoms with Gasteiger partial charge in [0.1, 0.15) is 5.00 Å². The molecule has 2 aliphatic heterocycles. The van der Waals surface area contributed by atoms with Gasteiger partial charge in [-0.3, -0.25) is 10.2 Å². The van der Waals surface area contributed by atoms with Gasteiger partial charge in [0.15, 0.2) is 0 Å². The van der Waals surface area contributed by atoms with Crippen molar-refractivity contribution in [3.63, 3.8) is 0 Å². The van der Waals surface area contributed by atoms with Gasteiger partial charge in [0.25, 0.3) is 0 Å². The van der Waals surface area contributed by atoms with Crippen molar-refractivity contribution in [2.75, 3.05) is 31.5 Å². The summed E-state index contributed by atoms with van der Waals surface area (Å²) in [5.74, 6) is -1.01. The number of hydrogen-bond acceptors (Lipinski definition) is 4. The Morgan fingerprint density at radius 2 is 2.05 bits per heavy atom. The van der Waals surface area contributed by atoms with E-state index in [1.807, 2.05) is 0 Å². The lowest BCUT2D eigenvalue weighted by atomic mass is 10.2. The van der Waals surface area contributed by atoms with Crippen LogP contribution in [0.25, 0.3) is 0 Å². The molecule has 2 N–H and O–H groups in total. The number of hydrogen-bond donors (Lipinski definition) is 2. The molecule has 114 valence electrons. The normalized spacial score (nSPS) is 22.7. The second kappa shape index (κ2) is 6.03. The number of nitrogens with one attached hydrogen (secondary N) is 1. The maximum Gasteiger partial charge on any atom is 0.338 e. The van der Waals surface area contributed by atoms with E-state index in [9.17, 15) is 9.59 Å². The van der Waals surface area contributed by atoms with Gasteiger partial charge in [0, 0.05) is 19.1 Å². The molecule has 0 aliphatic carbocycles. The molecule has 6 nitrogen and oxygen atoms in total. The van der Waals surface area contributed by atoms with Crippen LogP contribution in [-0.4, -0.2) is 59.1 Å².